The summed E-state index contributed by atoms with van der Waals surface area (Å²) >= 11 is 0. The Balaban J connectivity index is 1.51. The summed E-state index contributed by atoms with van der Waals surface area (Å²) in [5, 5.41) is 41.7. The third kappa shape index (κ3) is 4.83. The van der Waals surface area contributed by atoms with Crippen molar-refractivity contribution in [2.75, 3.05) is 26.8 Å². The Bertz CT molecular complexity index is 750. The minimum atomic E-state index is -1.31. The molecule has 3 heterocycles. The Kier molecular flexibility index (Phi) is 7.79. The van der Waals surface area contributed by atoms with E-state index in [1.165, 1.54) is 0 Å². The standard InChI is InChI=1S/C20H38N6O8/c1-26-17-14(29)19(31-7-20(17,26)30)34-16-11(25-12(24)6-27)4-10(23)15(13(16)28)33-18-9(22)3-2-8(5-21)32-18/h8-11,13-19,27-30H,2-7,21-23H2,1H3,(H2,24,25)/t8-,9?,10-,11+,13?,14?,15?,16?,17+,18+,19+,20?,26?/m0/s1. The minimum absolute atomic E-state index is 0.0535. The zero-order valence-corrected chi connectivity index (χ0v) is 19.2. The average molecular weight is 491 g/mol. The quantitative estimate of drug-likeness (QED) is 0.0949. The van der Waals surface area contributed by atoms with Crippen LogP contribution in [0.2, 0.25) is 0 Å². The van der Waals surface area contributed by atoms with Crippen LogP contribution < -0.4 is 22.9 Å². The number of aliphatic hydroxyl groups excluding tert-OH is 3. The molecule has 14 nitrogen and oxygen atoms in total. The van der Waals surface area contributed by atoms with E-state index < -0.39 is 73.5 Å². The van der Waals surface area contributed by atoms with Crippen molar-refractivity contribution in [1.82, 2.24) is 4.90 Å². The topological polar surface area (TPSA) is 237 Å². The van der Waals surface area contributed by atoms with E-state index in [1.807, 2.05) is 0 Å². The smallest absolute Gasteiger partial charge is 0.185 e. The SMILES string of the molecule is CN1[C@@H]2C(O)[C@@H](OC3C(O)C(O[C@H]4O[C@H](CN)CCC4N)[C@@H](N)C[C@H]3N=C(N)CO)OCC21O. The molecule has 0 spiro atoms. The van der Waals surface area contributed by atoms with Gasteiger partial charge >= 0.3 is 0 Å². The van der Waals surface area contributed by atoms with E-state index >= 15 is 0 Å². The highest BCUT2D eigenvalue weighted by molar-refractivity contribution is 5.81. The van der Waals surface area contributed by atoms with Crippen molar-refractivity contribution in [2.24, 2.45) is 27.9 Å². The molecule has 4 rings (SSSR count). The van der Waals surface area contributed by atoms with E-state index in [1.54, 1.807) is 11.9 Å². The second-order valence-corrected chi connectivity index (χ2v) is 9.65. The molecule has 0 bridgehead atoms. The molecule has 3 saturated heterocycles. The maximum Gasteiger partial charge on any atom is 0.185 e. The Morgan fingerprint density at radius 2 is 1.82 bits per heavy atom. The van der Waals surface area contributed by atoms with Gasteiger partial charge in [0.15, 0.2) is 18.3 Å². The van der Waals surface area contributed by atoms with Gasteiger partial charge in [0.1, 0.15) is 36.9 Å². The lowest BCUT2D eigenvalue weighted by atomic mass is 9.84. The number of fused-ring (bicyclic) bond motifs is 1. The second-order valence-electron chi connectivity index (χ2n) is 9.65. The Morgan fingerprint density at radius 1 is 1.12 bits per heavy atom. The van der Waals surface area contributed by atoms with Crippen LogP contribution in [-0.2, 0) is 18.9 Å². The lowest BCUT2D eigenvalue weighted by Crippen LogP contribution is -2.64. The Morgan fingerprint density at radius 3 is 2.50 bits per heavy atom. The number of ether oxygens (including phenoxy) is 4. The van der Waals surface area contributed by atoms with Gasteiger partial charge in [0.05, 0.1) is 30.8 Å². The second kappa shape index (κ2) is 10.2. The Labute approximate surface area is 197 Å². The van der Waals surface area contributed by atoms with Crippen LogP contribution in [0, 0.1) is 0 Å². The third-order valence-corrected chi connectivity index (χ3v) is 7.32. The van der Waals surface area contributed by atoms with Gasteiger partial charge < -0.3 is 62.3 Å². The third-order valence-electron chi connectivity index (χ3n) is 7.32. The monoisotopic (exact) mass is 490 g/mol. The zero-order valence-electron chi connectivity index (χ0n) is 19.2. The first-order valence-corrected chi connectivity index (χ1v) is 11.6. The predicted octanol–water partition coefficient (Wildman–Crippen LogP) is -4.92. The van der Waals surface area contributed by atoms with Gasteiger partial charge in [-0.05, 0) is 26.3 Å². The van der Waals surface area contributed by atoms with Gasteiger partial charge in [0.2, 0.25) is 0 Å². The van der Waals surface area contributed by atoms with Crippen LogP contribution >= 0.6 is 0 Å². The molecule has 4 aliphatic rings. The summed E-state index contributed by atoms with van der Waals surface area (Å²) in [6.45, 7) is -0.244. The molecule has 0 aromatic rings. The fourth-order valence-corrected chi connectivity index (χ4v) is 5.18. The van der Waals surface area contributed by atoms with E-state index in [9.17, 15) is 20.4 Å². The highest BCUT2D eigenvalue weighted by atomic mass is 16.7. The van der Waals surface area contributed by atoms with Crippen molar-refractivity contribution in [3.8, 4) is 0 Å². The first-order chi connectivity index (χ1) is 16.1. The number of nitrogens with two attached hydrogens (primary N) is 4. The number of likely N-dealkylation sites (N-methyl/N-ethyl adjacent to an activating group) is 1. The number of hydrogen-bond acceptors (Lipinski definition) is 13. The number of aliphatic imine (C=N–C) groups is 1. The van der Waals surface area contributed by atoms with Crippen LogP contribution in [-0.4, -0.2) is 131 Å². The molecule has 0 amide bonds. The molecule has 0 aromatic carbocycles. The summed E-state index contributed by atoms with van der Waals surface area (Å²) < 4.78 is 23.5. The number of rotatable bonds is 7. The molecule has 0 aromatic heterocycles. The normalized spacial score (nSPS) is 51.7. The zero-order chi connectivity index (χ0) is 24.8. The van der Waals surface area contributed by atoms with Gasteiger partial charge in [-0.3, -0.25) is 9.89 Å². The maximum atomic E-state index is 11.3. The van der Waals surface area contributed by atoms with Crippen molar-refractivity contribution >= 4 is 5.84 Å². The van der Waals surface area contributed by atoms with Crippen molar-refractivity contribution in [1.29, 1.82) is 0 Å². The highest BCUT2D eigenvalue weighted by Crippen LogP contribution is 2.45. The molecule has 7 unspecified atom stereocenters. The first-order valence-electron chi connectivity index (χ1n) is 11.6. The molecule has 12 N–H and O–H groups in total. The number of amidine groups is 1. The van der Waals surface area contributed by atoms with E-state index in [4.69, 9.17) is 41.9 Å². The van der Waals surface area contributed by atoms with Gasteiger partial charge in [-0.25, -0.2) is 0 Å². The van der Waals surface area contributed by atoms with Crippen molar-refractivity contribution < 1.29 is 39.4 Å². The van der Waals surface area contributed by atoms with E-state index in [0.29, 0.717) is 19.4 Å². The van der Waals surface area contributed by atoms with Crippen molar-refractivity contribution in [2.45, 2.75) is 92.3 Å². The van der Waals surface area contributed by atoms with E-state index in [2.05, 4.69) is 4.99 Å². The van der Waals surface area contributed by atoms with Crippen LogP contribution in [0.1, 0.15) is 19.3 Å². The van der Waals surface area contributed by atoms with Crippen LogP contribution in [0.3, 0.4) is 0 Å². The fraction of sp³-hybridized carbons (Fsp3) is 0.950. The van der Waals surface area contributed by atoms with Gasteiger partial charge in [-0.1, -0.05) is 0 Å². The summed E-state index contributed by atoms with van der Waals surface area (Å²) in [5.41, 5.74) is 22.7. The first kappa shape index (κ1) is 26.1. The molecule has 14 heteroatoms. The van der Waals surface area contributed by atoms with Crippen LogP contribution in [0.25, 0.3) is 0 Å². The molecular weight excluding hydrogens is 452 g/mol. The lowest BCUT2D eigenvalue weighted by molar-refractivity contribution is -0.289. The predicted molar refractivity (Wildman–Crippen MR) is 118 cm³/mol. The number of hydrogen-bond donors (Lipinski definition) is 8. The number of aliphatic hydroxyl groups is 4. The largest absolute Gasteiger partial charge is 0.388 e. The van der Waals surface area contributed by atoms with Crippen molar-refractivity contribution in [3.05, 3.63) is 0 Å². The molecular formula is C20H38N6O8. The summed E-state index contributed by atoms with van der Waals surface area (Å²) in [6.07, 6.45) is -5.09. The molecule has 0 radical (unpaired) electrons. The molecule has 34 heavy (non-hydrogen) atoms. The molecule has 4 fully saturated rings. The van der Waals surface area contributed by atoms with Crippen LogP contribution in [0.15, 0.2) is 4.99 Å². The van der Waals surface area contributed by atoms with Crippen LogP contribution in [0.5, 0.6) is 0 Å². The summed E-state index contributed by atoms with van der Waals surface area (Å²) in [4.78, 5) is 5.84. The lowest BCUT2D eigenvalue weighted by Gasteiger charge is -2.46. The molecule has 13 atom stereocenters. The molecule has 3 aliphatic heterocycles. The van der Waals surface area contributed by atoms with Gasteiger partial charge in [0, 0.05) is 12.6 Å². The Hall–Kier alpha value is -1.01. The molecule has 1 aliphatic carbocycles. The van der Waals surface area contributed by atoms with E-state index in [-0.39, 0.29) is 25.0 Å². The summed E-state index contributed by atoms with van der Waals surface area (Å²) in [7, 11) is 1.66. The van der Waals surface area contributed by atoms with E-state index in [0.717, 1.165) is 0 Å². The average Bonchev–Trinajstić information content (AvgIpc) is 3.37. The van der Waals surface area contributed by atoms with Crippen LogP contribution in [0.4, 0.5) is 0 Å². The minimum Gasteiger partial charge on any atom is -0.388 e. The highest BCUT2D eigenvalue weighted by Gasteiger charge is 2.68. The molecule has 1 saturated carbocycles. The van der Waals surface area contributed by atoms with Gasteiger partial charge in [0.25, 0.3) is 0 Å². The van der Waals surface area contributed by atoms with Gasteiger partial charge in [-0.15, -0.1) is 0 Å². The maximum absolute atomic E-state index is 11.3. The fourth-order valence-electron chi connectivity index (χ4n) is 5.18. The summed E-state index contributed by atoms with van der Waals surface area (Å²) in [6, 6.07) is -2.41. The van der Waals surface area contributed by atoms with Gasteiger partial charge in [-0.2, -0.15) is 0 Å². The van der Waals surface area contributed by atoms with Crippen molar-refractivity contribution in [3.63, 3.8) is 0 Å². The number of nitrogens with zero attached hydrogens (tertiary/aromatic N) is 2. The molecule has 196 valence electrons. The summed E-state index contributed by atoms with van der Waals surface area (Å²) in [5.74, 6) is -0.0535.